The van der Waals surface area contributed by atoms with Gasteiger partial charge < -0.3 is 4.74 Å². The maximum atomic E-state index is 10.7. The summed E-state index contributed by atoms with van der Waals surface area (Å²) < 4.78 is 4.79. The minimum Gasteiger partial charge on any atom is -0.433 e. The molecule has 0 aliphatic heterocycles. The van der Waals surface area contributed by atoms with Gasteiger partial charge in [0, 0.05) is 12.5 Å². The largest absolute Gasteiger partial charge is 0.433 e. The SMILES string of the molecule is C=CC(=O)OC(C)(CC)N=C=O. The molecule has 0 rings (SSSR count). The number of nitrogens with zero attached hydrogens (tertiary/aromatic N) is 1. The summed E-state index contributed by atoms with van der Waals surface area (Å²) in [5.41, 5.74) is -1.10. The van der Waals surface area contributed by atoms with Crippen LogP contribution in [-0.2, 0) is 14.3 Å². The van der Waals surface area contributed by atoms with E-state index in [0.29, 0.717) is 6.42 Å². The van der Waals surface area contributed by atoms with Crippen molar-refractivity contribution in [1.82, 2.24) is 0 Å². The Kier molecular flexibility index (Phi) is 3.94. The summed E-state index contributed by atoms with van der Waals surface area (Å²) in [6.45, 7) is 6.50. The normalized spacial score (nSPS) is 13.8. The van der Waals surface area contributed by atoms with E-state index < -0.39 is 11.7 Å². The molecule has 0 aromatic heterocycles. The van der Waals surface area contributed by atoms with Gasteiger partial charge in [-0.15, -0.1) is 0 Å². The number of esters is 1. The minimum atomic E-state index is -1.10. The van der Waals surface area contributed by atoms with E-state index in [0.717, 1.165) is 6.08 Å². The third-order valence-corrected chi connectivity index (χ3v) is 1.43. The molecule has 0 aliphatic rings. The topological polar surface area (TPSA) is 55.7 Å². The van der Waals surface area contributed by atoms with Crippen LogP contribution < -0.4 is 0 Å². The first-order valence-corrected chi connectivity index (χ1v) is 3.52. The van der Waals surface area contributed by atoms with Gasteiger partial charge in [0.25, 0.3) is 0 Å². The van der Waals surface area contributed by atoms with E-state index in [9.17, 15) is 9.59 Å². The highest BCUT2D eigenvalue weighted by atomic mass is 16.6. The number of isocyanates is 1. The summed E-state index contributed by atoms with van der Waals surface area (Å²) >= 11 is 0. The summed E-state index contributed by atoms with van der Waals surface area (Å²) in [4.78, 5) is 24.0. The number of rotatable bonds is 4. The second-order valence-electron chi connectivity index (χ2n) is 2.36. The summed E-state index contributed by atoms with van der Waals surface area (Å²) in [6.07, 6.45) is 2.79. The minimum absolute atomic E-state index is 0.418. The summed E-state index contributed by atoms with van der Waals surface area (Å²) in [6, 6.07) is 0. The van der Waals surface area contributed by atoms with Crippen LogP contribution in [0, 0.1) is 0 Å². The van der Waals surface area contributed by atoms with Gasteiger partial charge in [-0.05, 0) is 6.92 Å². The second-order valence-corrected chi connectivity index (χ2v) is 2.36. The molecule has 0 radical (unpaired) electrons. The Hall–Kier alpha value is -1.41. The van der Waals surface area contributed by atoms with Crippen molar-refractivity contribution < 1.29 is 14.3 Å². The van der Waals surface area contributed by atoms with Gasteiger partial charge in [-0.1, -0.05) is 13.5 Å². The van der Waals surface area contributed by atoms with Crippen LogP contribution in [0.25, 0.3) is 0 Å². The number of aliphatic imine (C=N–C) groups is 1. The van der Waals surface area contributed by atoms with E-state index in [2.05, 4.69) is 11.6 Å². The van der Waals surface area contributed by atoms with Crippen molar-refractivity contribution >= 4 is 12.0 Å². The Bertz CT molecular complexity index is 230. The molecule has 0 spiro atoms. The lowest BCUT2D eigenvalue weighted by Gasteiger charge is -2.20. The summed E-state index contributed by atoms with van der Waals surface area (Å²) in [7, 11) is 0. The third-order valence-electron chi connectivity index (χ3n) is 1.43. The number of carbonyl (C=O) groups excluding carboxylic acids is 2. The third kappa shape index (κ3) is 3.12. The molecule has 0 aliphatic carbocycles. The van der Waals surface area contributed by atoms with Gasteiger partial charge in [-0.25, -0.2) is 9.59 Å². The molecule has 0 fully saturated rings. The smallest absolute Gasteiger partial charge is 0.332 e. The fraction of sp³-hybridized carbons (Fsp3) is 0.500. The lowest BCUT2D eigenvalue weighted by atomic mass is 10.2. The molecule has 0 aromatic rings. The van der Waals surface area contributed by atoms with Gasteiger partial charge in [0.05, 0.1) is 0 Å². The van der Waals surface area contributed by atoms with E-state index in [1.807, 2.05) is 0 Å². The number of hydrogen-bond donors (Lipinski definition) is 0. The second kappa shape index (κ2) is 4.46. The molecule has 0 N–H and O–H groups in total. The van der Waals surface area contributed by atoms with Crippen molar-refractivity contribution in [2.45, 2.75) is 26.0 Å². The molecule has 1 unspecified atom stereocenters. The highest BCUT2D eigenvalue weighted by molar-refractivity contribution is 5.81. The zero-order chi connectivity index (χ0) is 9.61. The van der Waals surface area contributed by atoms with Crippen molar-refractivity contribution in [1.29, 1.82) is 0 Å². The maximum Gasteiger partial charge on any atom is 0.332 e. The predicted molar refractivity (Wildman–Crippen MR) is 43.1 cm³/mol. The molecule has 0 bridgehead atoms. The average molecular weight is 169 g/mol. The Morgan fingerprint density at radius 1 is 1.83 bits per heavy atom. The van der Waals surface area contributed by atoms with E-state index in [1.54, 1.807) is 6.92 Å². The van der Waals surface area contributed by atoms with Crippen molar-refractivity contribution in [2.24, 2.45) is 4.99 Å². The summed E-state index contributed by atoms with van der Waals surface area (Å²) in [5, 5.41) is 0. The molecule has 0 aromatic carbocycles. The molecule has 0 amide bonds. The maximum absolute atomic E-state index is 10.7. The highest BCUT2D eigenvalue weighted by Gasteiger charge is 2.24. The monoisotopic (exact) mass is 169 g/mol. The number of hydrogen-bond acceptors (Lipinski definition) is 4. The van der Waals surface area contributed by atoms with Crippen LogP contribution in [-0.4, -0.2) is 17.8 Å². The Morgan fingerprint density at radius 2 is 2.42 bits per heavy atom. The molecule has 12 heavy (non-hydrogen) atoms. The number of ether oxygens (including phenoxy) is 1. The van der Waals surface area contributed by atoms with Crippen LogP contribution in [0.5, 0.6) is 0 Å². The van der Waals surface area contributed by atoms with Crippen LogP contribution in [0.3, 0.4) is 0 Å². The highest BCUT2D eigenvalue weighted by Crippen LogP contribution is 2.16. The van der Waals surface area contributed by atoms with E-state index in [-0.39, 0.29) is 0 Å². The molecule has 0 saturated heterocycles. The molecule has 4 heteroatoms. The molecular weight excluding hydrogens is 158 g/mol. The first-order chi connectivity index (χ1) is 5.58. The van der Waals surface area contributed by atoms with Crippen LogP contribution in [0.1, 0.15) is 20.3 Å². The molecule has 66 valence electrons. The molecule has 1 atom stereocenters. The van der Waals surface area contributed by atoms with E-state index in [4.69, 9.17) is 4.74 Å². The zero-order valence-electron chi connectivity index (χ0n) is 7.16. The summed E-state index contributed by atoms with van der Waals surface area (Å²) in [5.74, 6) is -0.599. The van der Waals surface area contributed by atoms with Crippen molar-refractivity contribution in [3.05, 3.63) is 12.7 Å². The van der Waals surface area contributed by atoms with Crippen molar-refractivity contribution in [3.8, 4) is 0 Å². The fourth-order valence-corrected chi connectivity index (χ4v) is 0.529. The van der Waals surface area contributed by atoms with Crippen LogP contribution in [0.15, 0.2) is 17.6 Å². The molecular formula is C8H11NO3. The van der Waals surface area contributed by atoms with Gasteiger partial charge >= 0.3 is 5.97 Å². The average Bonchev–Trinajstić information content (AvgIpc) is 2.05. The van der Waals surface area contributed by atoms with Gasteiger partial charge in [0.2, 0.25) is 11.8 Å². The lowest BCUT2D eigenvalue weighted by molar-refractivity contribution is -0.151. The van der Waals surface area contributed by atoms with Gasteiger partial charge in [-0.2, -0.15) is 4.99 Å². The Morgan fingerprint density at radius 3 is 2.75 bits per heavy atom. The van der Waals surface area contributed by atoms with Crippen molar-refractivity contribution in [3.63, 3.8) is 0 Å². The quantitative estimate of drug-likeness (QED) is 0.275. The van der Waals surface area contributed by atoms with Crippen molar-refractivity contribution in [2.75, 3.05) is 0 Å². The van der Waals surface area contributed by atoms with E-state index >= 15 is 0 Å². The Labute approximate surface area is 70.9 Å². The van der Waals surface area contributed by atoms with Crippen LogP contribution in [0.2, 0.25) is 0 Å². The lowest BCUT2D eigenvalue weighted by Crippen LogP contribution is -2.27. The number of carbonyl (C=O) groups is 1. The predicted octanol–water partition coefficient (Wildman–Crippen LogP) is 1.18. The van der Waals surface area contributed by atoms with Crippen LogP contribution in [0.4, 0.5) is 0 Å². The fourth-order valence-electron chi connectivity index (χ4n) is 0.529. The van der Waals surface area contributed by atoms with Gasteiger partial charge in [0.15, 0.2) is 0 Å². The molecule has 0 heterocycles. The van der Waals surface area contributed by atoms with Crippen LogP contribution >= 0.6 is 0 Å². The standard InChI is InChI=1S/C8H11NO3/c1-4-7(11)12-8(3,5-2)9-6-10/h4H,1,5H2,2-3H3. The Balaban J connectivity index is 4.43. The zero-order valence-corrected chi connectivity index (χ0v) is 7.16. The van der Waals surface area contributed by atoms with Gasteiger partial charge in [0.1, 0.15) is 0 Å². The molecule has 4 nitrogen and oxygen atoms in total. The molecule has 0 saturated carbocycles. The first kappa shape index (κ1) is 10.6. The first-order valence-electron chi connectivity index (χ1n) is 3.52. The van der Waals surface area contributed by atoms with E-state index in [1.165, 1.54) is 13.0 Å². The van der Waals surface area contributed by atoms with Gasteiger partial charge in [-0.3, -0.25) is 0 Å².